The van der Waals surface area contributed by atoms with E-state index in [1.165, 1.54) is 12.1 Å². The van der Waals surface area contributed by atoms with Gasteiger partial charge < -0.3 is 15.0 Å². The Labute approximate surface area is 201 Å². The van der Waals surface area contributed by atoms with Crippen LogP contribution in [-0.2, 0) is 19.1 Å². The van der Waals surface area contributed by atoms with Gasteiger partial charge in [0.15, 0.2) is 5.69 Å². The molecule has 0 atom stereocenters. The average molecular weight is 517 g/mol. The van der Waals surface area contributed by atoms with Crippen molar-refractivity contribution in [1.29, 1.82) is 0 Å². The molecule has 0 unspecified atom stereocenters. The van der Waals surface area contributed by atoms with E-state index in [0.29, 0.717) is 29.0 Å². The van der Waals surface area contributed by atoms with E-state index in [1.807, 2.05) is 25.1 Å². The molecule has 0 fully saturated rings. The molecule has 0 radical (unpaired) electrons. The van der Waals surface area contributed by atoms with Gasteiger partial charge >= 0.3 is 12.5 Å². The van der Waals surface area contributed by atoms with Gasteiger partial charge in [-0.2, -0.15) is 13.2 Å². The first-order valence-electron chi connectivity index (χ1n) is 10.3. The van der Waals surface area contributed by atoms with Crippen molar-refractivity contribution in [1.82, 2.24) is 15.2 Å². The number of rotatable bonds is 8. The molecular weight excluding hydrogens is 496 g/mol. The number of hydrogen-bond acceptors (Lipinski definition) is 5. The van der Waals surface area contributed by atoms with Gasteiger partial charge in [-0.3, -0.25) is 4.79 Å². The van der Waals surface area contributed by atoms with Crippen LogP contribution in [0.3, 0.4) is 0 Å². The Morgan fingerprint density at radius 3 is 2.37 bits per heavy atom. The van der Waals surface area contributed by atoms with Gasteiger partial charge in [-0.1, -0.05) is 30.3 Å². The van der Waals surface area contributed by atoms with Gasteiger partial charge in [-0.25, -0.2) is 4.98 Å². The molecule has 1 N–H and O–H groups in total. The molecule has 2 aromatic carbocycles. The minimum Gasteiger partial charge on any atom is -0.406 e. The van der Waals surface area contributed by atoms with E-state index < -0.39 is 34.8 Å². The molecule has 1 aromatic heterocycles. The molecule has 0 aliphatic carbocycles. The van der Waals surface area contributed by atoms with Crippen molar-refractivity contribution in [3.63, 3.8) is 0 Å². The zero-order valence-corrected chi connectivity index (χ0v) is 19.4. The summed E-state index contributed by atoms with van der Waals surface area (Å²) in [5.41, 5.74) is 0.457. The zero-order valence-electron chi connectivity index (χ0n) is 18.6. The molecule has 0 saturated carbocycles. The lowest BCUT2D eigenvalue weighted by atomic mass is 10.1. The zero-order chi connectivity index (χ0) is 25.8. The number of ether oxygens (including phenoxy) is 1. The predicted molar refractivity (Wildman–Crippen MR) is 119 cm³/mol. The van der Waals surface area contributed by atoms with Gasteiger partial charge in [0.1, 0.15) is 15.6 Å². The number of benzene rings is 2. The molecule has 1 heterocycles. The normalized spacial score (nSPS) is 12.1. The SMILES string of the molecule is CN(C)Cc1cccc(-c2nc(C(F)(F)F)c(C(=O)NCCc3cccc(OC(F)(F)F)c3)s2)c1. The number of aromatic nitrogens is 1. The lowest BCUT2D eigenvalue weighted by Crippen LogP contribution is -2.27. The summed E-state index contributed by atoms with van der Waals surface area (Å²) in [6, 6.07) is 12.0. The first kappa shape index (κ1) is 26.5. The van der Waals surface area contributed by atoms with Crippen molar-refractivity contribution in [2.45, 2.75) is 25.5 Å². The highest BCUT2D eigenvalue weighted by atomic mass is 32.1. The fourth-order valence-corrected chi connectivity index (χ4v) is 4.25. The Morgan fingerprint density at radius 2 is 1.71 bits per heavy atom. The number of amides is 1. The number of nitrogens with one attached hydrogen (secondary N) is 1. The molecule has 0 saturated heterocycles. The number of thiazole rings is 1. The minimum atomic E-state index is -4.85. The van der Waals surface area contributed by atoms with E-state index in [1.54, 1.807) is 18.2 Å². The highest BCUT2D eigenvalue weighted by molar-refractivity contribution is 7.17. The maximum Gasteiger partial charge on any atom is 0.573 e. The number of carbonyl (C=O) groups is 1. The Bertz CT molecular complexity index is 1170. The smallest absolute Gasteiger partial charge is 0.406 e. The van der Waals surface area contributed by atoms with Crippen molar-refractivity contribution in [3.8, 4) is 16.3 Å². The molecule has 0 aliphatic heterocycles. The third kappa shape index (κ3) is 7.69. The second-order valence-electron chi connectivity index (χ2n) is 7.83. The topological polar surface area (TPSA) is 54.5 Å². The predicted octanol–water partition coefficient (Wildman–Crippen LogP) is 5.76. The molecule has 0 bridgehead atoms. The van der Waals surface area contributed by atoms with Crippen LogP contribution in [0, 0.1) is 0 Å². The molecular formula is C23H21F6N3O2S. The van der Waals surface area contributed by atoms with Crippen LogP contribution >= 0.6 is 11.3 Å². The highest BCUT2D eigenvalue weighted by Crippen LogP contribution is 2.38. The summed E-state index contributed by atoms with van der Waals surface area (Å²) in [6.07, 6.45) is -9.61. The van der Waals surface area contributed by atoms with Crippen LogP contribution in [-0.4, -0.2) is 42.8 Å². The molecule has 35 heavy (non-hydrogen) atoms. The summed E-state index contributed by atoms with van der Waals surface area (Å²) in [4.78, 5) is 17.6. The van der Waals surface area contributed by atoms with Gasteiger partial charge in [0.05, 0.1) is 0 Å². The molecule has 5 nitrogen and oxygen atoms in total. The Hall–Kier alpha value is -3.12. The van der Waals surface area contributed by atoms with Crippen LogP contribution in [0.15, 0.2) is 48.5 Å². The third-order valence-electron chi connectivity index (χ3n) is 4.61. The summed E-state index contributed by atoms with van der Waals surface area (Å²) in [6.45, 7) is 0.477. The number of carbonyl (C=O) groups excluding carboxylic acids is 1. The summed E-state index contributed by atoms with van der Waals surface area (Å²) < 4.78 is 81.8. The van der Waals surface area contributed by atoms with E-state index in [2.05, 4.69) is 15.0 Å². The quantitative estimate of drug-likeness (QED) is 0.386. The number of halogens is 6. The highest BCUT2D eigenvalue weighted by Gasteiger charge is 2.39. The van der Waals surface area contributed by atoms with Crippen LogP contribution in [0.1, 0.15) is 26.5 Å². The van der Waals surface area contributed by atoms with Crippen molar-refractivity contribution in [2.75, 3.05) is 20.6 Å². The monoisotopic (exact) mass is 517 g/mol. The molecule has 3 rings (SSSR count). The fraction of sp³-hybridized carbons (Fsp3) is 0.304. The summed E-state index contributed by atoms with van der Waals surface area (Å²) in [5, 5.41) is 2.45. The van der Waals surface area contributed by atoms with E-state index >= 15 is 0 Å². The van der Waals surface area contributed by atoms with E-state index in [-0.39, 0.29) is 18.0 Å². The van der Waals surface area contributed by atoms with Crippen LogP contribution < -0.4 is 10.1 Å². The average Bonchev–Trinajstić information content (AvgIpc) is 3.19. The van der Waals surface area contributed by atoms with Crippen LogP contribution in [0.5, 0.6) is 5.75 Å². The Morgan fingerprint density at radius 1 is 1.03 bits per heavy atom. The second kappa shape index (κ2) is 10.6. The number of hydrogen-bond donors (Lipinski definition) is 1. The van der Waals surface area contributed by atoms with Gasteiger partial charge in [0.2, 0.25) is 0 Å². The maximum atomic E-state index is 13.6. The van der Waals surface area contributed by atoms with Crippen molar-refractivity contribution in [3.05, 3.63) is 70.2 Å². The van der Waals surface area contributed by atoms with Gasteiger partial charge in [-0.05, 0) is 49.8 Å². The lowest BCUT2D eigenvalue weighted by molar-refractivity contribution is -0.274. The van der Waals surface area contributed by atoms with E-state index in [4.69, 9.17) is 0 Å². The van der Waals surface area contributed by atoms with Crippen LogP contribution in [0.25, 0.3) is 10.6 Å². The summed E-state index contributed by atoms with van der Waals surface area (Å²) >= 11 is 0.628. The fourth-order valence-electron chi connectivity index (χ4n) is 3.26. The van der Waals surface area contributed by atoms with Crippen LogP contribution in [0.2, 0.25) is 0 Å². The van der Waals surface area contributed by atoms with E-state index in [0.717, 1.165) is 17.7 Å². The molecule has 3 aromatic rings. The van der Waals surface area contributed by atoms with Gasteiger partial charge in [-0.15, -0.1) is 24.5 Å². The molecule has 12 heteroatoms. The number of nitrogens with zero attached hydrogens (tertiary/aromatic N) is 2. The maximum absolute atomic E-state index is 13.6. The summed E-state index contributed by atoms with van der Waals surface area (Å²) in [7, 11) is 3.72. The van der Waals surface area contributed by atoms with Crippen molar-refractivity contribution in [2.24, 2.45) is 0 Å². The third-order valence-corrected chi connectivity index (χ3v) is 5.71. The van der Waals surface area contributed by atoms with Gasteiger partial charge in [0, 0.05) is 18.7 Å². The van der Waals surface area contributed by atoms with E-state index in [9.17, 15) is 31.1 Å². The first-order valence-corrected chi connectivity index (χ1v) is 11.1. The Kier molecular flexibility index (Phi) is 8.06. The van der Waals surface area contributed by atoms with Crippen LogP contribution in [0.4, 0.5) is 26.3 Å². The van der Waals surface area contributed by atoms with Crippen molar-refractivity contribution >= 4 is 17.2 Å². The standard InChI is InChI=1S/C23H21F6N3O2S/c1-32(2)13-15-6-3-7-16(11-15)21-31-19(22(24,25)26)18(35-21)20(33)30-10-9-14-5-4-8-17(12-14)34-23(27,28)29/h3-8,11-12H,9-10,13H2,1-2H3,(H,30,33). The minimum absolute atomic E-state index is 0.0556. The molecule has 188 valence electrons. The lowest BCUT2D eigenvalue weighted by Gasteiger charge is -2.10. The second-order valence-corrected chi connectivity index (χ2v) is 8.83. The van der Waals surface area contributed by atoms with Crippen molar-refractivity contribution < 1.29 is 35.9 Å². The van der Waals surface area contributed by atoms with Gasteiger partial charge in [0.25, 0.3) is 5.91 Å². The number of alkyl halides is 6. The molecule has 0 spiro atoms. The molecule has 1 amide bonds. The summed E-state index contributed by atoms with van der Waals surface area (Å²) in [5.74, 6) is -1.39. The molecule has 0 aliphatic rings. The Balaban J connectivity index is 1.75. The largest absolute Gasteiger partial charge is 0.573 e. The first-order chi connectivity index (χ1) is 16.3.